The monoisotopic (exact) mass is 337 g/mol. The molecule has 1 nitrogen and oxygen atoms in total. The molecule has 0 saturated heterocycles. The number of nitrogens with one attached hydrogen (secondary N) is 1. The van der Waals surface area contributed by atoms with Crippen molar-refractivity contribution in [3.05, 3.63) is 55.7 Å². The van der Waals surface area contributed by atoms with Crippen molar-refractivity contribution in [3.63, 3.8) is 0 Å². The molecule has 0 bridgehead atoms. The maximum absolute atomic E-state index is 3.66. The molecule has 0 aliphatic carbocycles. The van der Waals surface area contributed by atoms with Crippen molar-refractivity contribution < 1.29 is 0 Å². The van der Waals surface area contributed by atoms with E-state index in [4.69, 9.17) is 0 Å². The highest BCUT2D eigenvalue weighted by molar-refractivity contribution is 9.10. The van der Waals surface area contributed by atoms with Gasteiger partial charge in [0.25, 0.3) is 0 Å². The van der Waals surface area contributed by atoms with Crippen LogP contribution in [0.5, 0.6) is 0 Å². The predicted octanol–water partition coefficient (Wildman–Crippen LogP) is 5.02. The van der Waals surface area contributed by atoms with Crippen LogP contribution in [0.15, 0.2) is 34.1 Å². The first kappa shape index (κ1) is 14.8. The molecule has 3 heteroatoms. The predicted molar refractivity (Wildman–Crippen MR) is 88.1 cm³/mol. The fourth-order valence-corrected chi connectivity index (χ4v) is 4.16. The van der Waals surface area contributed by atoms with Crippen molar-refractivity contribution in [2.75, 3.05) is 6.54 Å². The van der Waals surface area contributed by atoms with Gasteiger partial charge >= 0.3 is 0 Å². The summed E-state index contributed by atoms with van der Waals surface area (Å²) in [5.41, 5.74) is 4.24. The van der Waals surface area contributed by atoms with Crippen LogP contribution in [-0.4, -0.2) is 6.54 Å². The van der Waals surface area contributed by atoms with E-state index in [-0.39, 0.29) is 0 Å². The summed E-state index contributed by atoms with van der Waals surface area (Å²) in [6.45, 7) is 7.56. The van der Waals surface area contributed by atoms with E-state index in [9.17, 15) is 0 Å². The number of aryl methyl sites for hydroxylation is 2. The molecule has 1 N–H and O–H groups in total. The Morgan fingerprint density at radius 1 is 1.21 bits per heavy atom. The number of benzene rings is 1. The second-order valence-corrected chi connectivity index (χ2v) is 6.62. The Hall–Kier alpha value is -0.640. The topological polar surface area (TPSA) is 12.0 Å². The summed E-state index contributed by atoms with van der Waals surface area (Å²) in [5, 5.41) is 5.76. The Balaban J connectivity index is 2.29. The van der Waals surface area contributed by atoms with Crippen LogP contribution in [0, 0.1) is 13.8 Å². The first-order chi connectivity index (χ1) is 9.13. The zero-order valence-corrected chi connectivity index (χ0v) is 14.1. The van der Waals surface area contributed by atoms with Gasteiger partial charge in [0.15, 0.2) is 0 Å². The van der Waals surface area contributed by atoms with Gasteiger partial charge in [0.05, 0.1) is 0 Å². The molecule has 0 amide bonds. The molecule has 19 heavy (non-hydrogen) atoms. The van der Waals surface area contributed by atoms with Crippen LogP contribution in [0.25, 0.3) is 0 Å². The second kappa shape index (κ2) is 6.69. The fourth-order valence-electron chi connectivity index (χ4n) is 2.43. The van der Waals surface area contributed by atoms with E-state index in [1.54, 1.807) is 0 Å². The highest BCUT2D eigenvalue weighted by Gasteiger charge is 2.17. The Labute approximate surface area is 128 Å². The van der Waals surface area contributed by atoms with Crippen molar-refractivity contribution in [2.45, 2.75) is 33.2 Å². The lowest BCUT2D eigenvalue weighted by Crippen LogP contribution is -2.23. The van der Waals surface area contributed by atoms with Gasteiger partial charge in [-0.2, -0.15) is 0 Å². The van der Waals surface area contributed by atoms with Gasteiger partial charge in [0, 0.05) is 15.4 Å². The molecule has 2 aromatic rings. The summed E-state index contributed by atoms with van der Waals surface area (Å²) in [7, 11) is 0. The van der Waals surface area contributed by atoms with Crippen LogP contribution in [-0.2, 0) is 6.42 Å². The van der Waals surface area contributed by atoms with Gasteiger partial charge in [-0.25, -0.2) is 0 Å². The average Bonchev–Trinajstić information content (AvgIpc) is 2.79. The molecule has 1 aromatic carbocycles. The molecular weight excluding hydrogens is 318 g/mol. The Bertz CT molecular complexity index is 527. The molecule has 1 heterocycles. The lowest BCUT2D eigenvalue weighted by atomic mass is 9.96. The molecule has 1 atom stereocenters. The van der Waals surface area contributed by atoms with E-state index in [0.29, 0.717) is 6.04 Å². The number of thiophene rings is 1. The lowest BCUT2D eigenvalue weighted by Gasteiger charge is -2.20. The molecule has 0 aliphatic rings. The fraction of sp³-hybridized carbons (Fsp3) is 0.375. The first-order valence-corrected chi connectivity index (χ1v) is 8.32. The summed E-state index contributed by atoms with van der Waals surface area (Å²) in [6.07, 6.45) is 1.05. The van der Waals surface area contributed by atoms with Crippen molar-refractivity contribution in [2.24, 2.45) is 0 Å². The van der Waals surface area contributed by atoms with E-state index in [2.05, 4.69) is 71.7 Å². The Morgan fingerprint density at radius 3 is 2.42 bits per heavy atom. The number of hydrogen-bond donors (Lipinski definition) is 1. The van der Waals surface area contributed by atoms with Gasteiger partial charge in [0.2, 0.25) is 0 Å². The van der Waals surface area contributed by atoms with Gasteiger partial charge in [0.1, 0.15) is 0 Å². The third-order valence-corrected chi connectivity index (χ3v) is 5.45. The van der Waals surface area contributed by atoms with Crippen molar-refractivity contribution in [1.29, 1.82) is 0 Å². The Kier molecular flexibility index (Phi) is 5.20. The molecule has 102 valence electrons. The van der Waals surface area contributed by atoms with Crippen molar-refractivity contribution in [1.82, 2.24) is 5.32 Å². The summed E-state index contributed by atoms with van der Waals surface area (Å²) in [4.78, 5) is 1.39. The van der Waals surface area contributed by atoms with E-state index >= 15 is 0 Å². The highest BCUT2D eigenvalue weighted by atomic mass is 79.9. The minimum Gasteiger partial charge on any atom is -0.309 e. The average molecular weight is 338 g/mol. The second-order valence-electron chi connectivity index (χ2n) is 4.82. The Morgan fingerprint density at radius 2 is 1.89 bits per heavy atom. The highest BCUT2D eigenvalue weighted by Crippen LogP contribution is 2.32. The van der Waals surface area contributed by atoms with Crippen LogP contribution in [0.1, 0.15) is 34.5 Å². The third-order valence-electron chi connectivity index (χ3n) is 3.46. The van der Waals surface area contributed by atoms with Crippen molar-refractivity contribution >= 4 is 27.3 Å². The maximum atomic E-state index is 3.66. The quantitative estimate of drug-likeness (QED) is 0.807. The molecule has 1 aromatic heterocycles. The molecular formula is C16H20BrNS. The van der Waals surface area contributed by atoms with Gasteiger partial charge in [-0.05, 0) is 70.9 Å². The summed E-state index contributed by atoms with van der Waals surface area (Å²) < 4.78 is 1.22. The van der Waals surface area contributed by atoms with E-state index < -0.39 is 0 Å². The molecule has 0 radical (unpaired) electrons. The van der Waals surface area contributed by atoms with E-state index in [0.717, 1.165) is 13.0 Å². The molecule has 2 rings (SSSR count). The lowest BCUT2D eigenvalue weighted by molar-refractivity contribution is 0.554. The zero-order valence-electron chi connectivity index (χ0n) is 11.7. The van der Waals surface area contributed by atoms with Gasteiger partial charge in [-0.15, -0.1) is 11.3 Å². The largest absolute Gasteiger partial charge is 0.309 e. The van der Waals surface area contributed by atoms with Gasteiger partial charge < -0.3 is 5.32 Å². The maximum Gasteiger partial charge on any atom is 0.0467 e. The minimum atomic E-state index is 0.388. The molecule has 0 fully saturated rings. The summed E-state index contributed by atoms with van der Waals surface area (Å²) >= 11 is 5.48. The summed E-state index contributed by atoms with van der Waals surface area (Å²) in [6, 6.07) is 9.06. The van der Waals surface area contributed by atoms with E-state index in [1.807, 2.05) is 11.3 Å². The van der Waals surface area contributed by atoms with Crippen LogP contribution in [0.3, 0.4) is 0 Å². The zero-order chi connectivity index (χ0) is 13.8. The number of halogens is 1. The van der Waals surface area contributed by atoms with Crippen molar-refractivity contribution in [3.8, 4) is 0 Å². The van der Waals surface area contributed by atoms with Crippen LogP contribution < -0.4 is 5.32 Å². The number of rotatable bonds is 5. The number of hydrogen-bond acceptors (Lipinski definition) is 2. The van der Waals surface area contributed by atoms with Crippen LogP contribution in [0.4, 0.5) is 0 Å². The van der Waals surface area contributed by atoms with Crippen LogP contribution >= 0.6 is 27.3 Å². The van der Waals surface area contributed by atoms with Gasteiger partial charge in [-0.1, -0.05) is 25.1 Å². The number of likely N-dealkylation sites (N-methyl/N-ethyl adjacent to an activating group) is 1. The normalized spacial score (nSPS) is 12.6. The molecule has 0 spiro atoms. The van der Waals surface area contributed by atoms with E-state index in [1.165, 1.54) is 26.0 Å². The molecule has 0 aliphatic heterocycles. The standard InChI is InChI=1S/C16H20BrNS/c1-4-18-15(16-14(17)8-9-19-16)10-13-11(2)6-5-7-12(13)3/h5-9,15,18H,4,10H2,1-3H3. The minimum absolute atomic E-state index is 0.388. The first-order valence-electron chi connectivity index (χ1n) is 6.64. The van der Waals surface area contributed by atoms with Crippen LogP contribution in [0.2, 0.25) is 0 Å². The van der Waals surface area contributed by atoms with Gasteiger partial charge in [-0.3, -0.25) is 0 Å². The molecule has 1 unspecified atom stereocenters. The third kappa shape index (κ3) is 3.47. The molecule has 0 saturated carbocycles. The summed E-state index contributed by atoms with van der Waals surface area (Å²) in [5.74, 6) is 0. The smallest absolute Gasteiger partial charge is 0.0467 e. The SMILES string of the molecule is CCNC(Cc1c(C)cccc1C)c1sccc1Br.